The van der Waals surface area contributed by atoms with Gasteiger partial charge in [-0.25, -0.2) is 17.9 Å². The second-order valence-corrected chi connectivity index (χ2v) is 5.87. The molecule has 0 aromatic heterocycles. The van der Waals surface area contributed by atoms with Gasteiger partial charge in [0.2, 0.25) is 10.0 Å². The van der Waals surface area contributed by atoms with Gasteiger partial charge < -0.3 is 5.11 Å². The molecule has 19 heavy (non-hydrogen) atoms. The van der Waals surface area contributed by atoms with Crippen molar-refractivity contribution in [3.05, 3.63) is 35.4 Å². The third-order valence-electron chi connectivity index (χ3n) is 2.45. The van der Waals surface area contributed by atoms with Crippen LogP contribution in [0.15, 0.2) is 34.7 Å². The van der Waals surface area contributed by atoms with Gasteiger partial charge in [-0.15, -0.1) is 0 Å². The summed E-state index contributed by atoms with van der Waals surface area (Å²) < 4.78 is 26.1. The average molecular weight is 283 g/mol. The van der Waals surface area contributed by atoms with E-state index in [1.54, 1.807) is 12.1 Å². The van der Waals surface area contributed by atoms with E-state index in [1.165, 1.54) is 25.1 Å². The van der Waals surface area contributed by atoms with Crippen LogP contribution in [0.1, 0.15) is 25.8 Å². The predicted molar refractivity (Wildman–Crippen MR) is 73.2 cm³/mol. The normalized spacial score (nSPS) is 12.4. The highest BCUT2D eigenvalue weighted by atomic mass is 32.2. The highest BCUT2D eigenvalue weighted by molar-refractivity contribution is 7.89. The molecular weight excluding hydrogens is 266 g/mol. The van der Waals surface area contributed by atoms with E-state index in [-0.39, 0.29) is 10.5 Å². The van der Waals surface area contributed by atoms with Gasteiger partial charge in [-0.2, -0.15) is 0 Å². The Kier molecular flexibility index (Phi) is 5.26. The van der Waals surface area contributed by atoms with Crippen LogP contribution in [0.3, 0.4) is 0 Å². The van der Waals surface area contributed by atoms with Crippen LogP contribution < -0.4 is 4.72 Å². The fourth-order valence-electron chi connectivity index (χ4n) is 1.37. The van der Waals surface area contributed by atoms with Crippen molar-refractivity contribution in [3.8, 4) is 0 Å². The van der Waals surface area contributed by atoms with Crippen LogP contribution in [0.25, 0.3) is 6.08 Å². The summed E-state index contributed by atoms with van der Waals surface area (Å²) in [4.78, 5) is 10.8. The maximum atomic E-state index is 11.8. The zero-order chi connectivity index (χ0) is 14.5. The van der Waals surface area contributed by atoms with Gasteiger partial charge in [-0.05, 0) is 37.1 Å². The molecule has 0 bridgehead atoms. The molecule has 0 amide bonds. The van der Waals surface area contributed by atoms with Gasteiger partial charge in [0.1, 0.15) is 0 Å². The first-order valence-electron chi connectivity index (χ1n) is 5.88. The third kappa shape index (κ3) is 4.50. The minimum atomic E-state index is -3.47. The van der Waals surface area contributed by atoms with E-state index in [0.29, 0.717) is 12.1 Å². The van der Waals surface area contributed by atoms with Gasteiger partial charge in [0, 0.05) is 12.1 Å². The molecule has 0 unspecified atom stereocenters. The smallest absolute Gasteiger partial charge is 0.331 e. The number of hydrogen-bond acceptors (Lipinski definition) is 3. The molecule has 0 radical (unpaired) electrons. The van der Waals surface area contributed by atoms with E-state index < -0.39 is 16.0 Å². The van der Waals surface area contributed by atoms with Crippen LogP contribution >= 0.6 is 0 Å². The number of benzene rings is 1. The first kappa shape index (κ1) is 15.4. The molecule has 0 fully saturated rings. The first-order chi connectivity index (χ1) is 8.86. The molecule has 0 atom stereocenters. The average Bonchev–Trinajstić information content (AvgIpc) is 2.37. The van der Waals surface area contributed by atoms with E-state index in [4.69, 9.17) is 5.11 Å². The summed E-state index contributed by atoms with van der Waals surface area (Å²) in [6, 6.07) is 6.07. The minimum Gasteiger partial charge on any atom is -0.478 e. The molecule has 1 aromatic carbocycles. The molecule has 0 saturated heterocycles. The van der Waals surface area contributed by atoms with E-state index in [9.17, 15) is 13.2 Å². The second kappa shape index (κ2) is 6.49. The van der Waals surface area contributed by atoms with Crippen molar-refractivity contribution in [3.63, 3.8) is 0 Å². The van der Waals surface area contributed by atoms with Gasteiger partial charge in [-0.1, -0.05) is 19.1 Å². The van der Waals surface area contributed by atoms with Crippen molar-refractivity contribution in [2.75, 3.05) is 6.54 Å². The molecule has 2 N–H and O–H groups in total. The molecule has 0 aliphatic rings. The molecule has 0 aliphatic heterocycles. The predicted octanol–water partition coefficient (Wildman–Crippen LogP) is 1.86. The second-order valence-electron chi connectivity index (χ2n) is 4.10. The zero-order valence-electron chi connectivity index (χ0n) is 10.9. The Morgan fingerprint density at radius 2 is 1.89 bits per heavy atom. The Hall–Kier alpha value is -1.66. The first-order valence-corrected chi connectivity index (χ1v) is 7.36. The van der Waals surface area contributed by atoms with Crippen molar-refractivity contribution in [1.82, 2.24) is 4.72 Å². The molecule has 1 aromatic rings. The Morgan fingerprint density at radius 1 is 1.32 bits per heavy atom. The molecule has 5 nitrogen and oxygen atoms in total. The summed E-state index contributed by atoms with van der Waals surface area (Å²) in [5.74, 6) is -0.999. The van der Waals surface area contributed by atoms with Crippen LogP contribution in [-0.2, 0) is 14.8 Å². The summed E-state index contributed by atoms with van der Waals surface area (Å²) in [7, 11) is -3.47. The van der Waals surface area contributed by atoms with Gasteiger partial charge in [0.05, 0.1) is 4.90 Å². The molecule has 0 heterocycles. The van der Waals surface area contributed by atoms with Crippen LogP contribution in [-0.4, -0.2) is 26.0 Å². The van der Waals surface area contributed by atoms with Gasteiger partial charge in [-0.3, -0.25) is 0 Å². The number of hydrogen-bond donors (Lipinski definition) is 2. The Morgan fingerprint density at radius 3 is 2.37 bits per heavy atom. The lowest BCUT2D eigenvalue weighted by molar-refractivity contribution is -0.132. The van der Waals surface area contributed by atoms with Crippen LogP contribution in [0, 0.1) is 0 Å². The maximum Gasteiger partial charge on any atom is 0.331 e. The highest BCUT2D eigenvalue weighted by Crippen LogP contribution is 2.13. The number of aliphatic carboxylic acids is 1. The van der Waals surface area contributed by atoms with Gasteiger partial charge in [0.15, 0.2) is 0 Å². The Labute approximate surface area is 113 Å². The highest BCUT2D eigenvalue weighted by Gasteiger charge is 2.12. The summed E-state index contributed by atoms with van der Waals surface area (Å²) in [6.45, 7) is 3.75. The third-order valence-corrected chi connectivity index (χ3v) is 3.93. The molecule has 0 saturated carbocycles. The van der Waals surface area contributed by atoms with Gasteiger partial charge in [0.25, 0.3) is 0 Å². The van der Waals surface area contributed by atoms with E-state index >= 15 is 0 Å². The lowest BCUT2D eigenvalue weighted by Gasteiger charge is -2.05. The quantitative estimate of drug-likeness (QED) is 0.781. The lowest BCUT2D eigenvalue weighted by Crippen LogP contribution is -2.24. The molecular formula is C13H17NO4S. The Bertz CT molecular complexity index is 573. The summed E-state index contributed by atoms with van der Waals surface area (Å²) in [6.07, 6.45) is 2.20. The van der Waals surface area contributed by atoms with Crippen LogP contribution in [0.5, 0.6) is 0 Å². The number of sulfonamides is 1. The number of carboxylic acids is 1. The summed E-state index contributed by atoms with van der Waals surface area (Å²) >= 11 is 0. The lowest BCUT2D eigenvalue weighted by atomic mass is 10.1. The summed E-state index contributed by atoms with van der Waals surface area (Å²) in [5.41, 5.74) is 0.842. The minimum absolute atomic E-state index is 0.172. The standard InChI is InChI=1S/C13H17NO4S/c1-3-8-14-19(17,18)12-6-4-11(5-7-12)9-10(2)13(15)16/h4-7,9,14H,3,8H2,1-2H3,(H,15,16)/b10-9+. The zero-order valence-corrected chi connectivity index (χ0v) is 11.7. The number of rotatable bonds is 6. The van der Waals surface area contributed by atoms with E-state index in [2.05, 4.69) is 4.72 Å². The largest absolute Gasteiger partial charge is 0.478 e. The molecule has 0 spiro atoms. The van der Waals surface area contributed by atoms with E-state index in [0.717, 1.165) is 6.42 Å². The van der Waals surface area contributed by atoms with Crippen molar-refractivity contribution < 1.29 is 18.3 Å². The Balaban J connectivity index is 2.94. The van der Waals surface area contributed by atoms with Crippen LogP contribution in [0.4, 0.5) is 0 Å². The molecule has 6 heteroatoms. The number of nitrogens with one attached hydrogen (secondary N) is 1. The molecule has 0 aliphatic carbocycles. The molecule has 104 valence electrons. The van der Waals surface area contributed by atoms with Crippen molar-refractivity contribution in [2.24, 2.45) is 0 Å². The van der Waals surface area contributed by atoms with E-state index in [1.807, 2.05) is 6.92 Å². The van der Waals surface area contributed by atoms with Crippen molar-refractivity contribution in [1.29, 1.82) is 0 Å². The summed E-state index contributed by atoms with van der Waals surface area (Å²) in [5, 5.41) is 8.75. The van der Waals surface area contributed by atoms with Crippen molar-refractivity contribution in [2.45, 2.75) is 25.2 Å². The number of carbonyl (C=O) groups is 1. The van der Waals surface area contributed by atoms with Crippen molar-refractivity contribution >= 4 is 22.1 Å². The fraction of sp³-hybridized carbons (Fsp3) is 0.308. The van der Waals surface area contributed by atoms with Crippen LogP contribution in [0.2, 0.25) is 0 Å². The molecule has 1 rings (SSSR count). The fourth-order valence-corrected chi connectivity index (χ4v) is 2.51. The topological polar surface area (TPSA) is 83.5 Å². The number of carboxylic acid groups (broad SMARTS) is 1. The SMILES string of the molecule is CCCNS(=O)(=O)c1ccc(/C=C(\C)C(=O)O)cc1. The maximum absolute atomic E-state index is 11.8. The van der Waals surface area contributed by atoms with Gasteiger partial charge >= 0.3 is 5.97 Å². The monoisotopic (exact) mass is 283 g/mol.